The molecule has 1 amide bonds. The van der Waals surface area contributed by atoms with Crippen molar-refractivity contribution in [1.29, 1.82) is 0 Å². The number of hydrogen-bond donors (Lipinski definition) is 1. The minimum atomic E-state index is 0.0490. The molecule has 0 atom stereocenters. The fourth-order valence-electron chi connectivity index (χ4n) is 3.93. The summed E-state index contributed by atoms with van der Waals surface area (Å²) < 4.78 is 2.23. The van der Waals surface area contributed by atoms with Crippen LogP contribution in [0.15, 0.2) is 91.0 Å². The van der Waals surface area contributed by atoms with Crippen molar-refractivity contribution in [3.63, 3.8) is 0 Å². The lowest BCUT2D eigenvalue weighted by Gasteiger charge is -2.10. The number of carbonyl (C=O) groups is 1. The van der Waals surface area contributed by atoms with Crippen LogP contribution < -0.4 is 5.32 Å². The van der Waals surface area contributed by atoms with Crippen molar-refractivity contribution < 1.29 is 4.79 Å². The van der Waals surface area contributed by atoms with E-state index in [4.69, 9.17) is 4.98 Å². The van der Waals surface area contributed by atoms with E-state index in [1.165, 1.54) is 5.56 Å². The molecule has 0 bridgehead atoms. The lowest BCUT2D eigenvalue weighted by Crippen LogP contribution is -2.26. The van der Waals surface area contributed by atoms with Gasteiger partial charge in [0.1, 0.15) is 5.82 Å². The maximum Gasteiger partial charge on any atom is 0.224 e. The highest BCUT2D eigenvalue weighted by atomic mass is 16.1. The fourth-order valence-corrected chi connectivity index (χ4v) is 3.93. The number of amides is 1. The number of allylic oxidation sites excluding steroid dienone is 1. The molecule has 162 valence electrons. The van der Waals surface area contributed by atoms with Crippen LogP contribution in [-0.2, 0) is 24.2 Å². The number of rotatable bonds is 9. The Hall–Kier alpha value is -3.66. The third kappa shape index (κ3) is 5.33. The summed E-state index contributed by atoms with van der Waals surface area (Å²) in [6.45, 7) is 7.49. The van der Waals surface area contributed by atoms with Crippen LogP contribution in [0.4, 0.5) is 0 Å². The largest absolute Gasteiger partial charge is 0.356 e. The van der Waals surface area contributed by atoms with Gasteiger partial charge in [-0.1, -0.05) is 78.9 Å². The summed E-state index contributed by atoms with van der Waals surface area (Å²) in [6.07, 6.45) is 2.05. The molecule has 0 aliphatic heterocycles. The number of imidazole rings is 1. The molecule has 1 N–H and O–H groups in total. The summed E-state index contributed by atoms with van der Waals surface area (Å²) in [6, 6.07) is 26.6. The van der Waals surface area contributed by atoms with E-state index in [1.807, 2.05) is 55.5 Å². The Bertz CT molecular complexity index is 1210. The second kappa shape index (κ2) is 10.1. The van der Waals surface area contributed by atoms with E-state index in [-0.39, 0.29) is 5.91 Å². The number of nitrogens with zero attached hydrogens (tertiary/aromatic N) is 2. The van der Waals surface area contributed by atoms with Crippen LogP contribution in [0.5, 0.6) is 0 Å². The third-order valence-corrected chi connectivity index (χ3v) is 5.49. The molecule has 4 rings (SSSR count). The number of aryl methyl sites for hydroxylation is 1. The monoisotopic (exact) mass is 423 g/mol. The Balaban J connectivity index is 1.29. The molecule has 4 aromatic rings. The smallest absolute Gasteiger partial charge is 0.224 e. The summed E-state index contributed by atoms with van der Waals surface area (Å²) in [5.74, 6) is 1.09. The highest BCUT2D eigenvalue weighted by Gasteiger charge is 2.11. The molecule has 1 aromatic heterocycles. The molecule has 4 heteroatoms. The third-order valence-electron chi connectivity index (χ3n) is 5.49. The summed E-state index contributed by atoms with van der Waals surface area (Å²) in [5.41, 5.74) is 6.60. The molecular weight excluding hydrogens is 394 g/mol. The number of nitrogens with one attached hydrogen (secondary N) is 1. The fraction of sp³-hybridized carbons (Fsp3) is 0.214. The summed E-state index contributed by atoms with van der Waals surface area (Å²) >= 11 is 0. The van der Waals surface area contributed by atoms with E-state index in [0.29, 0.717) is 13.0 Å². The van der Waals surface area contributed by atoms with Gasteiger partial charge in [-0.05, 0) is 42.2 Å². The number of aromatic nitrogens is 2. The first-order valence-corrected chi connectivity index (χ1v) is 11.1. The highest BCUT2D eigenvalue weighted by Crippen LogP contribution is 2.20. The lowest BCUT2D eigenvalue weighted by molar-refractivity contribution is -0.120. The van der Waals surface area contributed by atoms with Crippen LogP contribution in [0.1, 0.15) is 24.7 Å². The first kappa shape index (κ1) is 21.6. The first-order valence-electron chi connectivity index (χ1n) is 11.1. The van der Waals surface area contributed by atoms with Crippen molar-refractivity contribution in [2.75, 3.05) is 6.54 Å². The van der Waals surface area contributed by atoms with Gasteiger partial charge in [0.25, 0.3) is 0 Å². The number of hydrogen-bond acceptors (Lipinski definition) is 2. The van der Waals surface area contributed by atoms with Gasteiger partial charge < -0.3 is 9.88 Å². The Morgan fingerprint density at radius 1 is 0.938 bits per heavy atom. The van der Waals surface area contributed by atoms with Crippen LogP contribution in [0.3, 0.4) is 0 Å². The number of fused-ring (bicyclic) bond motifs is 1. The van der Waals surface area contributed by atoms with Gasteiger partial charge in [-0.3, -0.25) is 4.79 Å². The highest BCUT2D eigenvalue weighted by molar-refractivity contribution is 5.79. The Labute approximate surface area is 189 Å². The van der Waals surface area contributed by atoms with E-state index in [0.717, 1.165) is 52.9 Å². The SMILES string of the molecule is C=C(C)Cn1c(CCCNC(=O)Cc2ccc(-c3ccccc3)cc2)nc2ccccc21. The minimum absolute atomic E-state index is 0.0490. The number of para-hydroxylation sites is 2. The average Bonchev–Trinajstić information content (AvgIpc) is 3.14. The quantitative estimate of drug-likeness (QED) is 0.283. The Kier molecular flexibility index (Phi) is 6.81. The van der Waals surface area contributed by atoms with Crippen molar-refractivity contribution in [3.8, 4) is 11.1 Å². The molecule has 0 saturated carbocycles. The van der Waals surface area contributed by atoms with E-state index < -0.39 is 0 Å². The van der Waals surface area contributed by atoms with Crippen molar-refractivity contribution in [2.45, 2.75) is 32.7 Å². The number of carbonyl (C=O) groups excluding carboxylic acids is 1. The van der Waals surface area contributed by atoms with Crippen LogP contribution >= 0.6 is 0 Å². The van der Waals surface area contributed by atoms with Crippen LogP contribution in [0.25, 0.3) is 22.2 Å². The minimum Gasteiger partial charge on any atom is -0.356 e. The molecule has 0 radical (unpaired) electrons. The zero-order chi connectivity index (χ0) is 22.3. The predicted molar refractivity (Wildman–Crippen MR) is 131 cm³/mol. The van der Waals surface area contributed by atoms with Crippen LogP contribution in [0.2, 0.25) is 0 Å². The summed E-state index contributed by atoms with van der Waals surface area (Å²) in [4.78, 5) is 17.2. The summed E-state index contributed by atoms with van der Waals surface area (Å²) in [5, 5.41) is 3.05. The maximum atomic E-state index is 12.4. The normalized spacial score (nSPS) is 10.9. The molecule has 32 heavy (non-hydrogen) atoms. The first-order chi connectivity index (χ1) is 15.6. The van der Waals surface area contributed by atoms with Crippen molar-refractivity contribution in [2.24, 2.45) is 0 Å². The van der Waals surface area contributed by atoms with Gasteiger partial charge in [0.05, 0.1) is 17.5 Å². The molecule has 3 aromatic carbocycles. The average molecular weight is 424 g/mol. The lowest BCUT2D eigenvalue weighted by atomic mass is 10.0. The summed E-state index contributed by atoms with van der Waals surface area (Å²) in [7, 11) is 0. The Morgan fingerprint density at radius 2 is 1.62 bits per heavy atom. The molecular formula is C28H29N3O. The van der Waals surface area contributed by atoms with Crippen molar-refractivity contribution in [3.05, 3.63) is 102 Å². The van der Waals surface area contributed by atoms with Crippen LogP contribution in [-0.4, -0.2) is 22.0 Å². The van der Waals surface area contributed by atoms with Gasteiger partial charge >= 0.3 is 0 Å². The van der Waals surface area contributed by atoms with Gasteiger partial charge in [-0.25, -0.2) is 4.98 Å². The molecule has 0 aliphatic rings. The van der Waals surface area contributed by atoms with Gasteiger partial charge in [0.2, 0.25) is 5.91 Å². The zero-order valence-electron chi connectivity index (χ0n) is 18.6. The van der Waals surface area contributed by atoms with Gasteiger partial charge in [-0.2, -0.15) is 0 Å². The van der Waals surface area contributed by atoms with Gasteiger partial charge in [0.15, 0.2) is 0 Å². The standard InChI is InChI=1S/C28H29N3O/c1-21(2)20-31-26-12-7-6-11-25(26)30-27(31)13-8-18-29-28(32)19-22-14-16-24(17-15-22)23-9-4-3-5-10-23/h3-7,9-12,14-17H,1,8,13,18-20H2,2H3,(H,29,32). The van der Waals surface area contributed by atoms with E-state index in [2.05, 4.69) is 46.8 Å². The van der Waals surface area contributed by atoms with Crippen molar-refractivity contribution >= 4 is 16.9 Å². The van der Waals surface area contributed by atoms with E-state index >= 15 is 0 Å². The van der Waals surface area contributed by atoms with Crippen LogP contribution in [0, 0.1) is 0 Å². The van der Waals surface area contributed by atoms with Crippen molar-refractivity contribution in [1.82, 2.24) is 14.9 Å². The molecule has 0 saturated heterocycles. The van der Waals surface area contributed by atoms with E-state index in [9.17, 15) is 4.79 Å². The molecule has 0 fully saturated rings. The molecule has 0 unspecified atom stereocenters. The predicted octanol–water partition coefficient (Wildman–Crippen LogP) is 5.57. The second-order valence-corrected chi connectivity index (χ2v) is 8.25. The molecule has 4 nitrogen and oxygen atoms in total. The molecule has 1 heterocycles. The van der Waals surface area contributed by atoms with Gasteiger partial charge in [-0.15, -0.1) is 0 Å². The maximum absolute atomic E-state index is 12.4. The molecule has 0 aliphatic carbocycles. The van der Waals surface area contributed by atoms with Gasteiger partial charge in [0, 0.05) is 19.5 Å². The Morgan fingerprint density at radius 3 is 2.38 bits per heavy atom. The zero-order valence-corrected chi connectivity index (χ0v) is 18.6. The van der Waals surface area contributed by atoms with E-state index in [1.54, 1.807) is 0 Å². The second-order valence-electron chi connectivity index (χ2n) is 8.25. The number of benzene rings is 3. The molecule has 0 spiro atoms. The topological polar surface area (TPSA) is 46.9 Å².